The van der Waals surface area contributed by atoms with E-state index in [0.717, 1.165) is 4.47 Å². The van der Waals surface area contributed by atoms with Crippen molar-refractivity contribution < 1.29 is 14.3 Å². The van der Waals surface area contributed by atoms with E-state index in [1.807, 2.05) is 10.8 Å². The molecule has 20 heavy (non-hydrogen) atoms. The van der Waals surface area contributed by atoms with Crippen molar-refractivity contribution in [1.82, 2.24) is 20.1 Å². The standard InChI is InChI=1S/C12H13BrN4O3/c1-20-7-3-12-10(14-11(19)15-12)16-4-6(13)2-8(16)9(18)17(12)5-7/h2,4,7,10H,3,5H2,1H3,(H2,14,15,19)/t7-,10-,12+/m0/s1. The van der Waals surface area contributed by atoms with E-state index in [2.05, 4.69) is 26.6 Å². The van der Waals surface area contributed by atoms with Gasteiger partial charge in [0, 0.05) is 30.7 Å². The molecule has 0 bridgehead atoms. The lowest BCUT2D eigenvalue weighted by Gasteiger charge is -2.42. The monoisotopic (exact) mass is 340 g/mol. The van der Waals surface area contributed by atoms with E-state index < -0.39 is 5.66 Å². The highest BCUT2D eigenvalue weighted by atomic mass is 79.9. The molecular formula is C12H13BrN4O3. The molecule has 0 aliphatic carbocycles. The summed E-state index contributed by atoms with van der Waals surface area (Å²) in [4.78, 5) is 26.2. The predicted octanol–water partition coefficient (Wildman–Crippen LogP) is 0.633. The first-order valence-corrected chi connectivity index (χ1v) is 7.15. The predicted molar refractivity (Wildman–Crippen MR) is 72.0 cm³/mol. The number of hydrogen-bond donors (Lipinski definition) is 2. The van der Waals surface area contributed by atoms with Crippen LogP contribution < -0.4 is 10.6 Å². The topological polar surface area (TPSA) is 75.6 Å². The van der Waals surface area contributed by atoms with Gasteiger partial charge in [0.2, 0.25) is 0 Å². The Morgan fingerprint density at radius 1 is 1.50 bits per heavy atom. The fourth-order valence-corrected chi connectivity index (χ4v) is 3.94. The molecule has 7 nitrogen and oxygen atoms in total. The molecule has 4 rings (SSSR count). The molecule has 2 N–H and O–H groups in total. The van der Waals surface area contributed by atoms with E-state index in [1.165, 1.54) is 0 Å². The molecule has 3 aliphatic heterocycles. The lowest BCUT2D eigenvalue weighted by molar-refractivity contribution is 0.0313. The van der Waals surface area contributed by atoms with Gasteiger partial charge in [0.05, 0.1) is 6.10 Å². The molecule has 1 aromatic rings. The van der Waals surface area contributed by atoms with E-state index in [9.17, 15) is 9.59 Å². The number of aromatic nitrogens is 1. The van der Waals surface area contributed by atoms with Crippen LogP contribution in [0.1, 0.15) is 23.1 Å². The van der Waals surface area contributed by atoms with Gasteiger partial charge in [-0.2, -0.15) is 0 Å². The van der Waals surface area contributed by atoms with Crippen LogP contribution in [0.2, 0.25) is 0 Å². The van der Waals surface area contributed by atoms with E-state index in [1.54, 1.807) is 18.1 Å². The Labute approximate surface area is 123 Å². The number of hydrogen-bond acceptors (Lipinski definition) is 3. The number of ether oxygens (including phenoxy) is 1. The molecule has 1 aromatic heterocycles. The highest BCUT2D eigenvalue weighted by molar-refractivity contribution is 9.10. The van der Waals surface area contributed by atoms with Crippen molar-refractivity contribution in [1.29, 1.82) is 0 Å². The fraction of sp³-hybridized carbons (Fsp3) is 0.500. The Balaban J connectivity index is 1.89. The van der Waals surface area contributed by atoms with Gasteiger partial charge in [-0.15, -0.1) is 0 Å². The maximum absolute atomic E-state index is 12.7. The van der Waals surface area contributed by atoms with Crippen LogP contribution in [0, 0.1) is 0 Å². The molecule has 0 saturated carbocycles. The second kappa shape index (κ2) is 3.76. The summed E-state index contributed by atoms with van der Waals surface area (Å²) in [5, 5.41) is 5.81. The van der Waals surface area contributed by atoms with Crippen molar-refractivity contribution in [3.8, 4) is 0 Å². The first-order valence-electron chi connectivity index (χ1n) is 6.36. The number of fused-ring (bicyclic) bond motifs is 2. The van der Waals surface area contributed by atoms with Crippen LogP contribution in [-0.2, 0) is 4.74 Å². The fourth-order valence-electron chi connectivity index (χ4n) is 3.50. The van der Waals surface area contributed by atoms with Crippen LogP contribution in [-0.4, -0.2) is 46.8 Å². The molecule has 4 heterocycles. The number of amides is 3. The zero-order valence-corrected chi connectivity index (χ0v) is 12.3. The normalized spacial score (nSPS) is 34.4. The number of nitrogens with one attached hydrogen (secondary N) is 2. The number of urea groups is 1. The minimum atomic E-state index is -0.736. The van der Waals surface area contributed by atoms with Crippen molar-refractivity contribution in [3.05, 3.63) is 22.4 Å². The van der Waals surface area contributed by atoms with Gasteiger partial charge >= 0.3 is 6.03 Å². The third-order valence-electron chi connectivity index (χ3n) is 4.35. The van der Waals surface area contributed by atoms with Crippen LogP contribution in [0.5, 0.6) is 0 Å². The molecule has 1 spiro atoms. The van der Waals surface area contributed by atoms with Crippen molar-refractivity contribution in [2.24, 2.45) is 0 Å². The summed E-state index contributed by atoms with van der Waals surface area (Å²) < 4.78 is 8.04. The van der Waals surface area contributed by atoms with E-state index in [-0.39, 0.29) is 24.2 Å². The highest BCUT2D eigenvalue weighted by Crippen LogP contribution is 2.44. The Morgan fingerprint density at radius 2 is 2.30 bits per heavy atom. The van der Waals surface area contributed by atoms with Crippen molar-refractivity contribution in [2.45, 2.75) is 24.4 Å². The summed E-state index contributed by atoms with van der Waals surface area (Å²) in [6.07, 6.45) is 2.02. The van der Waals surface area contributed by atoms with Gasteiger partial charge in [0.1, 0.15) is 11.9 Å². The molecule has 0 unspecified atom stereocenters. The first-order chi connectivity index (χ1) is 9.55. The van der Waals surface area contributed by atoms with Gasteiger partial charge in [-0.3, -0.25) is 4.79 Å². The minimum absolute atomic E-state index is 0.0744. The first kappa shape index (κ1) is 12.2. The van der Waals surface area contributed by atoms with Gasteiger partial charge in [0.15, 0.2) is 5.66 Å². The molecule has 3 amide bonds. The van der Waals surface area contributed by atoms with Crippen LogP contribution in [0.4, 0.5) is 4.79 Å². The third-order valence-corrected chi connectivity index (χ3v) is 4.78. The number of carbonyl (C=O) groups is 2. The Bertz CT molecular complexity index is 630. The summed E-state index contributed by atoms with van der Waals surface area (Å²) in [6, 6.07) is 1.51. The largest absolute Gasteiger partial charge is 0.379 e. The van der Waals surface area contributed by atoms with Gasteiger partial charge in [0.25, 0.3) is 5.91 Å². The lowest BCUT2D eigenvalue weighted by Crippen LogP contribution is -2.62. The van der Waals surface area contributed by atoms with Crippen LogP contribution in [0.3, 0.4) is 0 Å². The van der Waals surface area contributed by atoms with E-state index in [4.69, 9.17) is 4.74 Å². The van der Waals surface area contributed by atoms with Gasteiger partial charge in [-0.25, -0.2) is 4.79 Å². The smallest absolute Gasteiger partial charge is 0.318 e. The van der Waals surface area contributed by atoms with E-state index >= 15 is 0 Å². The summed E-state index contributed by atoms with van der Waals surface area (Å²) in [7, 11) is 1.63. The minimum Gasteiger partial charge on any atom is -0.379 e. The zero-order chi connectivity index (χ0) is 14.1. The summed E-state index contributed by atoms with van der Waals surface area (Å²) >= 11 is 3.39. The zero-order valence-electron chi connectivity index (χ0n) is 10.7. The number of carbonyl (C=O) groups excluding carboxylic acids is 2. The summed E-state index contributed by atoms with van der Waals surface area (Å²) in [5.74, 6) is -0.0875. The summed E-state index contributed by atoms with van der Waals surface area (Å²) in [5.41, 5.74) is -0.168. The van der Waals surface area contributed by atoms with Crippen molar-refractivity contribution in [2.75, 3.05) is 13.7 Å². The molecule has 3 aliphatic rings. The molecule has 8 heteroatoms. The maximum Gasteiger partial charge on any atom is 0.318 e. The average molecular weight is 341 g/mol. The second-order valence-electron chi connectivity index (χ2n) is 5.35. The van der Waals surface area contributed by atoms with Gasteiger partial charge in [-0.1, -0.05) is 0 Å². The van der Waals surface area contributed by atoms with Crippen LogP contribution in [0.25, 0.3) is 0 Å². The van der Waals surface area contributed by atoms with Gasteiger partial charge in [-0.05, 0) is 22.0 Å². The number of halogens is 1. The second-order valence-corrected chi connectivity index (χ2v) is 6.27. The number of rotatable bonds is 1. The highest BCUT2D eigenvalue weighted by Gasteiger charge is 2.62. The number of nitrogens with zero attached hydrogens (tertiary/aromatic N) is 2. The molecule has 0 radical (unpaired) electrons. The molecule has 2 saturated heterocycles. The van der Waals surface area contributed by atoms with Crippen molar-refractivity contribution in [3.63, 3.8) is 0 Å². The Kier molecular flexibility index (Phi) is 2.30. The Hall–Kier alpha value is -1.54. The van der Waals surface area contributed by atoms with Crippen molar-refractivity contribution >= 4 is 27.9 Å². The van der Waals surface area contributed by atoms with Crippen LogP contribution in [0.15, 0.2) is 16.7 Å². The van der Waals surface area contributed by atoms with Gasteiger partial charge < -0.3 is 24.8 Å². The quantitative estimate of drug-likeness (QED) is 0.787. The van der Waals surface area contributed by atoms with E-state index in [0.29, 0.717) is 18.7 Å². The molecule has 2 fully saturated rings. The Morgan fingerprint density at radius 3 is 3.05 bits per heavy atom. The summed E-state index contributed by atoms with van der Waals surface area (Å²) in [6.45, 7) is 0.483. The SMILES string of the molecule is CO[C@@H]1CN2C(=O)c3cc(Br)cn3[C@@H]3NC(=O)N[C@@]32C1. The average Bonchev–Trinajstić information content (AvgIpc) is 3.05. The molecule has 3 atom stereocenters. The van der Waals surface area contributed by atoms with Crippen LogP contribution >= 0.6 is 15.9 Å². The molecular weight excluding hydrogens is 328 g/mol. The lowest BCUT2D eigenvalue weighted by atomic mass is 10.0. The third kappa shape index (κ3) is 1.33. The maximum atomic E-state index is 12.7. The number of methoxy groups -OCH3 is 1. The molecule has 0 aromatic carbocycles. The molecule has 106 valence electrons.